The number of anilines is 1. The third-order valence-corrected chi connectivity index (χ3v) is 6.07. The van der Waals surface area contributed by atoms with E-state index in [1.54, 1.807) is 12.1 Å². The number of nitrogens with zero attached hydrogens (tertiary/aromatic N) is 2. The Morgan fingerprint density at radius 2 is 1.62 bits per heavy atom. The minimum atomic E-state index is -0.237. The lowest BCUT2D eigenvalue weighted by Crippen LogP contribution is -2.29. The van der Waals surface area contributed by atoms with E-state index in [2.05, 4.69) is 65.5 Å². The third kappa shape index (κ3) is 4.27. The molecule has 0 radical (unpaired) electrons. The molecule has 3 aromatic carbocycles. The number of fused-ring (bicyclic) bond motifs is 1. The van der Waals surface area contributed by atoms with Gasteiger partial charge in [-0.1, -0.05) is 60.7 Å². The predicted octanol–water partition coefficient (Wildman–Crippen LogP) is 6.30. The Balaban J connectivity index is 1.36. The number of likely N-dealkylation sites (N-methyl/N-ethyl adjacent to an activating group) is 1. The average Bonchev–Trinajstić information content (AvgIpc) is 2.85. The van der Waals surface area contributed by atoms with Crippen molar-refractivity contribution >= 4 is 5.69 Å². The molecule has 1 aliphatic heterocycles. The van der Waals surface area contributed by atoms with Crippen LogP contribution in [0, 0.1) is 5.82 Å². The highest BCUT2D eigenvalue weighted by molar-refractivity contribution is 5.67. The molecule has 160 valence electrons. The molecule has 0 fully saturated rings. The molecular formula is C28H25FN2O. The number of aromatic nitrogens is 1. The van der Waals surface area contributed by atoms with Crippen molar-refractivity contribution < 1.29 is 9.13 Å². The van der Waals surface area contributed by atoms with Gasteiger partial charge in [-0.05, 0) is 52.4 Å². The van der Waals surface area contributed by atoms with Crippen LogP contribution in [-0.4, -0.2) is 25.2 Å². The smallest absolute Gasteiger partial charge is 0.123 e. The number of hydrogen-bond donors (Lipinski definition) is 0. The second kappa shape index (κ2) is 8.93. The summed E-state index contributed by atoms with van der Waals surface area (Å²) in [5.74, 6) is -0.237. The van der Waals surface area contributed by atoms with Crippen molar-refractivity contribution in [1.29, 1.82) is 0 Å². The molecule has 0 amide bonds. The molecule has 32 heavy (non-hydrogen) atoms. The Labute approximate surface area is 188 Å². The van der Waals surface area contributed by atoms with Crippen molar-refractivity contribution in [2.75, 3.05) is 25.1 Å². The van der Waals surface area contributed by atoms with Crippen LogP contribution in [0.5, 0.6) is 0 Å². The maximum absolute atomic E-state index is 13.3. The van der Waals surface area contributed by atoms with Crippen molar-refractivity contribution in [2.45, 2.75) is 12.5 Å². The first-order chi connectivity index (χ1) is 15.7. The number of pyridine rings is 1. The maximum Gasteiger partial charge on any atom is 0.123 e. The van der Waals surface area contributed by atoms with E-state index in [1.807, 2.05) is 18.5 Å². The second-order valence-corrected chi connectivity index (χ2v) is 8.21. The summed E-state index contributed by atoms with van der Waals surface area (Å²) in [5.41, 5.74) is 8.01. The van der Waals surface area contributed by atoms with E-state index in [1.165, 1.54) is 34.4 Å². The molecule has 1 atom stereocenters. The Bertz CT molecular complexity index is 1210. The zero-order valence-electron chi connectivity index (χ0n) is 18.0. The molecule has 0 bridgehead atoms. The molecule has 0 spiro atoms. The summed E-state index contributed by atoms with van der Waals surface area (Å²) in [7, 11) is 2.06. The SMILES string of the molecule is CN(CC1OCCc2cc(-c3ccccc3)ccc21)c1cncc(-c2ccc(F)cc2)c1. The summed E-state index contributed by atoms with van der Waals surface area (Å²) in [5, 5.41) is 0. The number of hydrogen-bond acceptors (Lipinski definition) is 3. The molecule has 0 N–H and O–H groups in total. The van der Waals surface area contributed by atoms with E-state index in [-0.39, 0.29) is 11.9 Å². The van der Waals surface area contributed by atoms with Gasteiger partial charge in [0.25, 0.3) is 0 Å². The summed E-state index contributed by atoms with van der Waals surface area (Å²) in [6.07, 6.45) is 4.60. The van der Waals surface area contributed by atoms with Gasteiger partial charge in [0.05, 0.1) is 18.5 Å². The quantitative estimate of drug-likeness (QED) is 0.376. The van der Waals surface area contributed by atoms with E-state index in [0.717, 1.165) is 36.4 Å². The van der Waals surface area contributed by atoms with Gasteiger partial charge in [0.2, 0.25) is 0 Å². The zero-order chi connectivity index (χ0) is 21.9. The molecular weight excluding hydrogens is 399 g/mol. The summed E-state index contributed by atoms with van der Waals surface area (Å²) < 4.78 is 19.4. The van der Waals surface area contributed by atoms with E-state index in [4.69, 9.17) is 4.74 Å². The van der Waals surface area contributed by atoms with Gasteiger partial charge in [0.15, 0.2) is 0 Å². The van der Waals surface area contributed by atoms with Crippen LogP contribution >= 0.6 is 0 Å². The lowest BCUT2D eigenvalue weighted by Gasteiger charge is -2.31. The van der Waals surface area contributed by atoms with Gasteiger partial charge in [-0.2, -0.15) is 0 Å². The van der Waals surface area contributed by atoms with Crippen LogP contribution in [-0.2, 0) is 11.2 Å². The zero-order valence-corrected chi connectivity index (χ0v) is 18.0. The van der Waals surface area contributed by atoms with Crippen LogP contribution in [0.3, 0.4) is 0 Å². The van der Waals surface area contributed by atoms with Crippen molar-refractivity contribution in [3.63, 3.8) is 0 Å². The van der Waals surface area contributed by atoms with Gasteiger partial charge in [0, 0.05) is 25.4 Å². The van der Waals surface area contributed by atoms with Gasteiger partial charge in [0.1, 0.15) is 11.9 Å². The fourth-order valence-corrected chi connectivity index (χ4v) is 4.29. The minimum Gasteiger partial charge on any atom is -0.371 e. The van der Waals surface area contributed by atoms with E-state index in [9.17, 15) is 4.39 Å². The fraction of sp³-hybridized carbons (Fsp3) is 0.179. The average molecular weight is 425 g/mol. The maximum atomic E-state index is 13.3. The second-order valence-electron chi connectivity index (χ2n) is 8.21. The Morgan fingerprint density at radius 3 is 2.44 bits per heavy atom. The predicted molar refractivity (Wildman–Crippen MR) is 127 cm³/mol. The van der Waals surface area contributed by atoms with Crippen LogP contribution in [0.2, 0.25) is 0 Å². The minimum absolute atomic E-state index is 0.00282. The highest BCUT2D eigenvalue weighted by atomic mass is 19.1. The number of rotatable bonds is 5. The molecule has 1 unspecified atom stereocenters. The first-order valence-corrected chi connectivity index (χ1v) is 10.9. The lowest BCUT2D eigenvalue weighted by atomic mass is 9.93. The molecule has 0 saturated heterocycles. The first-order valence-electron chi connectivity index (χ1n) is 10.9. The Hall–Kier alpha value is -3.50. The van der Waals surface area contributed by atoms with Crippen LogP contribution in [0.4, 0.5) is 10.1 Å². The van der Waals surface area contributed by atoms with Crippen LogP contribution < -0.4 is 4.90 Å². The molecule has 4 heteroatoms. The monoisotopic (exact) mass is 424 g/mol. The fourth-order valence-electron chi connectivity index (χ4n) is 4.29. The standard InChI is InChI=1S/C28H25FN2O/c1-31(26-16-24(17-30-18-26)21-7-10-25(29)11-8-21)19-28-27-12-9-22(15-23(27)13-14-32-28)20-5-3-2-4-6-20/h2-12,15-18,28H,13-14,19H2,1H3. The highest BCUT2D eigenvalue weighted by Gasteiger charge is 2.23. The molecule has 2 heterocycles. The largest absolute Gasteiger partial charge is 0.371 e. The van der Waals surface area contributed by atoms with Gasteiger partial charge in [-0.25, -0.2) is 4.39 Å². The Kier molecular flexibility index (Phi) is 5.70. The summed E-state index contributed by atoms with van der Waals surface area (Å²) in [4.78, 5) is 6.58. The number of benzene rings is 3. The lowest BCUT2D eigenvalue weighted by molar-refractivity contribution is 0.0478. The van der Waals surface area contributed by atoms with E-state index < -0.39 is 0 Å². The van der Waals surface area contributed by atoms with Gasteiger partial charge in [-0.15, -0.1) is 0 Å². The van der Waals surface area contributed by atoms with Crippen molar-refractivity contribution in [3.05, 3.63) is 108 Å². The van der Waals surface area contributed by atoms with Crippen LogP contribution in [0.25, 0.3) is 22.3 Å². The highest BCUT2D eigenvalue weighted by Crippen LogP contribution is 2.33. The van der Waals surface area contributed by atoms with Crippen LogP contribution in [0.15, 0.2) is 91.3 Å². The molecule has 0 aliphatic carbocycles. The molecule has 3 nitrogen and oxygen atoms in total. The molecule has 1 aliphatic rings. The van der Waals surface area contributed by atoms with Crippen LogP contribution in [0.1, 0.15) is 17.2 Å². The van der Waals surface area contributed by atoms with E-state index >= 15 is 0 Å². The van der Waals surface area contributed by atoms with E-state index in [0.29, 0.717) is 0 Å². The molecule has 5 rings (SSSR count). The summed E-state index contributed by atoms with van der Waals surface area (Å²) in [6.45, 7) is 1.45. The van der Waals surface area contributed by atoms with Gasteiger partial charge >= 0.3 is 0 Å². The molecule has 1 aromatic heterocycles. The first kappa shape index (κ1) is 20.4. The van der Waals surface area contributed by atoms with Crippen molar-refractivity contribution in [1.82, 2.24) is 4.98 Å². The molecule has 4 aromatic rings. The van der Waals surface area contributed by atoms with Crippen molar-refractivity contribution in [3.8, 4) is 22.3 Å². The number of ether oxygens (including phenoxy) is 1. The Morgan fingerprint density at radius 1 is 0.875 bits per heavy atom. The topological polar surface area (TPSA) is 25.4 Å². The summed E-state index contributed by atoms with van der Waals surface area (Å²) in [6, 6.07) is 25.8. The van der Waals surface area contributed by atoms with Gasteiger partial charge in [-0.3, -0.25) is 4.98 Å². The van der Waals surface area contributed by atoms with Gasteiger partial charge < -0.3 is 9.64 Å². The third-order valence-electron chi connectivity index (χ3n) is 6.07. The normalized spacial score (nSPS) is 15.2. The van der Waals surface area contributed by atoms with Crippen molar-refractivity contribution in [2.24, 2.45) is 0 Å². The number of halogens is 1. The molecule has 0 saturated carbocycles. The summed E-state index contributed by atoms with van der Waals surface area (Å²) >= 11 is 0.